The Hall–Kier alpha value is -3.64. The van der Waals surface area contributed by atoms with Gasteiger partial charge in [0.1, 0.15) is 5.54 Å². The maximum atomic E-state index is 12.7. The zero-order valence-corrected chi connectivity index (χ0v) is 19.2. The highest BCUT2D eigenvalue weighted by molar-refractivity contribution is 5.94. The quantitative estimate of drug-likeness (QED) is 0.571. The molecule has 1 unspecified atom stereocenters. The number of amides is 1. The molecule has 34 heavy (non-hydrogen) atoms. The van der Waals surface area contributed by atoms with Crippen LogP contribution in [0, 0.1) is 0 Å². The number of nitrogens with zero attached hydrogens (tertiary/aromatic N) is 2. The van der Waals surface area contributed by atoms with Gasteiger partial charge in [-0.3, -0.25) is 4.79 Å². The maximum absolute atomic E-state index is 12.7. The number of ether oxygens (including phenoxy) is 1. The van der Waals surface area contributed by atoms with Crippen LogP contribution in [0.3, 0.4) is 0 Å². The molecule has 3 aromatic rings. The van der Waals surface area contributed by atoms with Gasteiger partial charge in [-0.2, -0.15) is 0 Å². The van der Waals surface area contributed by atoms with E-state index in [1.165, 1.54) is 0 Å². The summed E-state index contributed by atoms with van der Waals surface area (Å²) in [5, 5.41) is 3.00. The van der Waals surface area contributed by atoms with Crippen molar-refractivity contribution in [1.82, 2.24) is 10.2 Å². The van der Waals surface area contributed by atoms with Crippen molar-refractivity contribution >= 4 is 11.9 Å². The van der Waals surface area contributed by atoms with Crippen molar-refractivity contribution < 1.29 is 9.53 Å². The number of guanidine groups is 1. The number of benzene rings is 3. The minimum Gasteiger partial charge on any atom is -0.376 e. The fourth-order valence-corrected chi connectivity index (χ4v) is 4.85. The molecular formula is C28H30N4O2. The first-order valence-corrected chi connectivity index (χ1v) is 11.8. The molecule has 0 bridgehead atoms. The molecule has 0 aromatic heterocycles. The number of nitrogens with one attached hydrogen (secondary N) is 1. The van der Waals surface area contributed by atoms with Crippen molar-refractivity contribution in [1.29, 1.82) is 0 Å². The van der Waals surface area contributed by atoms with Crippen LogP contribution in [-0.4, -0.2) is 42.6 Å². The Balaban J connectivity index is 1.34. The second kappa shape index (κ2) is 9.69. The van der Waals surface area contributed by atoms with Crippen molar-refractivity contribution in [2.24, 2.45) is 10.7 Å². The summed E-state index contributed by atoms with van der Waals surface area (Å²) < 4.78 is 5.61. The Labute approximate surface area is 200 Å². The Bertz CT molecular complexity index is 1120. The highest BCUT2D eigenvalue weighted by Crippen LogP contribution is 2.38. The van der Waals surface area contributed by atoms with E-state index in [9.17, 15) is 4.79 Å². The number of hydrogen-bond acceptors (Lipinski definition) is 5. The maximum Gasteiger partial charge on any atom is 0.251 e. The summed E-state index contributed by atoms with van der Waals surface area (Å²) in [7, 11) is 0. The number of nitrogens with two attached hydrogens (primary N) is 1. The fourth-order valence-electron chi connectivity index (χ4n) is 4.85. The molecular weight excluding hydrogens is 424 g/mol. The van der Waals surface area contributed by atoms with Gasteiger partial charge in [0.2, 0.25) is 0 Å². The number of carbonyl (C=O) groups excluding carboxylic acids is 1. The molecule has 3 N–H and O–H groups in total. The van der Waals surface area contributed by atoms with E-state index in [0.717, 1.165) is 36.1 Å². The molecule has 2 aliphatic heterocycles. The van der Waals surface area contributed by atoms with Gasteiger partial charge in [-0.1, -0.05) is 72.8 Å². The van der Waals surface area contributed by atoms with E-state index in [1.807, 2.05) is 60.7 Å². The highest BCUT2D eigenvalue weighted by Gasteiger charge is 2.41. The van der Waals surface area contributed by atoms with Crippen molar-refractivity contribution in [3.8, 4) is 0 Å². The Morgan fingerprint density at radius 2 is 1.74 bits per heavy atom. The summed E-state index contributed by atoms with van der Waals surface area (Å²) in [4.78, 5) is 19.8. The highest BCUT2D eigenvalue weighted by atomic mass is 16.5. The molecule has 174 valence electrons. The Kier molecular flexibility index (Phi) is 6.32. The van der Waals surface area contributed by atoms with Crippen molar-refractivity contribution in [3.63, 3.8) is 0 Å². The molecule has 6 heteroatoms. The van der Waals surface area contributed by atoms with Crippen LogP contribution in [0.4, 0.5) is 0 Å². The topological polar surface area (TPSA) is 80.0 Å². The summed E-state index contributed by atoms with van der Waals surface area (Å²) in [6.07, 6.45) is 2.18. The predicted octanol–water partition coefficient (Wildman–Crippen LogP) is 3.67. The van der Waals surface area contributed by atoms with Gasteiger partial charge in [-0.15, -0.1) is 0 Å². The molecule has 0 spiro atoms. The van der Waals surface area contributed by atoms with E-state index in [-0.39, 0.29) is 12.0 Å². The van der Waals surface area contributed by atoms with Gasteiger partial charge in [-0.25, -0.2) is 4.99 Å². The Morgan fingerprint density at radius 1 is 1.03 bits per heavy atom. The summed E-state index contributed by atoms with van der Waals surface area (Å²) in [6, 6.07) is 28.3. The van der Waals surface area contributed by atoms with Crippen LogP contribution >= 0.6 is 0 Å². The van der Waals surface area contributed by atoms with Crippen LogP contribution in [0.2, 0.25) is 0 Å². The smallest absolute Gasteiger partial charge is 0.251 e. The third-order valence-corrected chi connectivity index (χ3v) is 6.63. The van der Waals surface area contributed by atoms with Crippen LogP contribution in [0.1, 0.15) is 39.9 Å². The summed E-state index contributed by atoms with van der Waals surface area (Å²) in [5.41, 5.74) is 9.77. The summed E-state index contributed by atoms with van der Waals surface area (Å²) >= 11 is 0. The number of carbonyl (C=O) groups is 1. The third kappa shape index (κ3) is 4.54. The van der Waals surface area contributed by atoms with Crippen molar-refractivity contribution in [2.45, 2.75) is 31.0 Å². The summed E-state index contributed by atoms with van der Waals surface area (Å²) in [5.74, 6) is 0.421. The fraction of sp³-hybridized carbons (Fsp3) is 0.286. The third-order valence-electron chi connectivity index (χ3n) is 6.63. The molecule has 0 saturated carbocycles. The van der Waals surface area contributed by atoms with Crippen molar-refractivity contribution in [2.75, 3.05) is 19.7 Å². The first-order chi connectivity index (χ1) is 16.6. The normalized spacial score (nSPS) is 19.1. The molecule has 2 aliphatic rings. The SMILES string of the molecule is NC1=NC(c2ccccc2)(c2ccccc2)CN1Cc1cccc(C(=O)NCC2CCCO2)c1. The first kappa shape index (κ1) is 22.2. The number of hydrogen-bond donors (Lipinski definition) is 2. The average molecular weight is 455 g/mol. The first-order valence-electron chi connectivity index (χ1n) is 11.8. The molecule has 1 amide bonds. The van der Waals surface area contributed by atoms with Crippen LogP contribution in [0.5, 0.6) is 0 Å². The van der Waals surface area contributed by atoms with E-state index >= 15 is 0 Å². The lowest BCUT2D eigenvalue weighted by molar-refractivity contribution is 0.0857. The zero-order chi connectivity index (χ0) is 23.4. The molecule has 1 fully saturated rings. The lowest BCUT2D eigenvalue weighted by Crippen LogP contribution is -2.37. The largest absolute Gasteiger partial charge is 0.376 e. The second-order valence-corrected chi connectivity index (χ2v) is 8.96. The lowest BCUT2D eigenvalue weighted by Gasteiger charge is -2.29. The van der Waals surface area contributed by atoms with Crippen LogP contribution in [0.25, 0.3) is 0 Å². The lowest BCUT2D eigenvalue weighted by atomic mass is 9.83. The monoisotopic (exact) mass is 454 g/mol. The van der Waals surface area contributed by atoms with E-state index in [1.54, 1.807) is 0 Å². The van der Waals surface area contributed by atoms with E-state index in [4.69, 9.17) is 15.5 Å². The van der Waals surface area contributed by atoms with Gasteiger partial charge in [-0.05, 0) is 41.7 Å². The molecule has 6 nitrogen and oxygen atoms in total. The second-order valence-electron chi connectivity index (χ2n) is 8.96. The summed E-state index contributed by atoms with van der Waals surface area (Å²) in [6.45, 7) is 2.53. The van der Waals surface area contributed by atoms with Gasteiger partial charge in [0.15, 0.2) is 5.96 Å². The van der Waals surface area contributed by atoms with Gasteiger partial charge in [0.25, 0.3) is 5.91 Å². The zero-order valence-electron chi connectivity index (χ0n) is 19.2. The van der Waals surface area contributed by atoms with E-state index < -0.39 is 5.54 Å². The van der Waals surface area contributed by atoms with Crippen LogP contribution < -0.4 is 11.1 Å². The van der Waals surface area contributed by atoms with Gasteiger partial charge >= 0.3 is 0 Å². The Morgan fingerprint density at radius 3 is 2.38 bits per heavy atom. The minimum atomic E-state index is -0.567. The molecule has 0 radical (unpaired) electrons. The van der Waals surface area contributed by atoms with Crippen molar-refractivity contribution in [3.05, 3.63) is 107 Å². The van der Waals surface area contributed by atoms with Crippen LogP contribution in [-0.2, 0) is 16.8 Å². The molecule has 1 saturated heterocycles. The molecule has 1 atom stereocenters. The molecule has 3 aromatic carbocycles. The van der Waals surface area contributed by atoms with Crippen LogP contribution in [0.15, 0.2) is 89.9 Å². The van der Waals surface area contributed by atoms with Gasteiger partial charge < -0.3 is 20.7 Å². The minimum absolute atomic E-state index is 0.0803. The van der Waals surface area contributed by atoms with E-state index in [0.29, 0.717) is 31.2 Å². The molecule has 2 heterocycles. The van der Waals surface area contributed by atoms with Gasteiger partial charge in [0, 0.05) is 25.3 Å². The standard InChI is InChI=1S/C28H30N4O2/c29-27-31-28(23-11-3-1-4-12-23,24-13-5-2-6-14-24)20-32(27)19-21-9-7-10-22(17-21)26(33)30-18-25-15-8-16-34-25/h1-7,9-14,17,25H,8,15-16,18-20H2,(H2,29,31)(H,30,33). The van der Waals surface area contributed by atoms with E-state index in [2.05, 4.69) is 34.5 Å². The van der Waals surface area contributed by atoms with Gasteiger partial charge in [0.05, 0.1) is 12.6 Å². The molecule has 5 rings (SSSR count). The number of aliphatic imine (C=N–C) groups is 1. The molecule has 0 aliphatic carbocycles. The average Bonchev–Trinajstić information content (AvgIpc) is 3.52. The number of rotatable bonds is 7. The predicted molar refractivity (Wildman–Crippen MR) is 133 cm³/mol.